The molecule has 106 valence electrons. The van der Waals surface area contributed by atoms with Crippen LogP contribution < -0.4 is 5.32 Å². The van der Waals surface area contributed by atoms with Crippen LogP contribution in [0.25, 0.3) is 10.8 Å². The fourth-order valence-electron chi connectivity index (χ4n) is 2.99. The second kappa shape index (κ2) is 5.41. The summed E-state index contributed by atoms with van der Waals surface area (Å²) < 4.78 is 0. The molecule has 0 atom stereocenters. The highest BCUT2D eigenvalue weighted by atomic mass is 16.3. The monoisotopic (exact) mass is 270 g/mol. The Bertz CT molecular complexity index is 583. The minimum atomic E-state index is -0.578. The first-order valence-electron chi connectivity index (χ1n) is 7.46. The molecule has 1 aromatic heterocycles. The molecular weight excluding hydrogens is 248 g/mol. The second-order valence-electron chi connectivity index (χ2n) is 6.14. The Kier molecular flexibility index (Phi) is 3.62. The maximum Gasteiger partial charge on any atom is 0.133 e. The molecule has 3 nitrogen and oxygen atoms in total. The number of benzene rings is 1. The van der Waals surface area contributed by atoms with Gasteiger partial charge < -0.3 is 10.4 Å². The van der Waals surface area contributed by atoms with Gasteiger partial charge in [-0.3, -0.25) is 0 Å². The van der Waals surface area contributed by atoms with Crippen molar-refractivity contribution in [3.63, 3.8) is 0 Å². The number of nitrogens with zero attached hydrogens (tertiary/aromatic N) is 1. The summed E-state index contributed by atoms with van der Waals surface area (Å²) in [6.07, 6.45) is 5.80. The number of aromatic nitrogens is 1. The van der Waals surface area contributed by atoms with Crippen molar-refractivity contribution in [2.24, 2.45) is 5.92 Å². The highest BCUT2D eigenvalue weighted by Gasteiger charge is 2.31. The Morgan fingerprint density at radius 3 is 2.80 bits per heavy atom. The van der Waals surface area contributed by atoms with Crippen LogP contribution in [0, 0.1) is 5.92 Å². The van der Waals surface area contributed by atoms with E-state index in [0.29, 0.717) is 6.54 Å². The Labute approximate surface area is 120 Å². The molecule has 2 N–H and O–H groups in total. The van der Waals surface area contributed by atoms with Crippen LogP contribution in [0.15, 0.2) is 36.5 Å². The topological polar surface area (TPSA) is 45.1 Å². The van der Waals surface area contributed by atoms with Crippen molar-refractivity contribution in [1.29, 1.82) is 0 Å². The van der Waals surface area contributed by atoms with Crippen molar-refractivity contribution in [3.05, 3.63) is 36.5 Å². The van der Waals surface area contributed by atoms with E-state index in [9.17, 15) is 5.11 Å². The van der Waals surface area contributed by atoms with Crippen molar-refractivity contribution in [2.75, 3.05) is 11.9 Å². The van der Waals surface area contributed by atoms with E-state index in [-0.39, 0.29) is 0 Å². The van der Waals surface area contributed by atoms with Gasteiger partial charge in [-0.05, 0) is 43.1 Å². The summed E-state index contributed by atoms with van der Waals surface area (Å²) in [5.74, 6) is 1.61. The number of anilines is 1. The van der Waals surface area contributed by atoms with E-state index in [1.165, 1.54) is 5.39 Å². The zero-order chi connectivity index (χ0) is 14.0. The lowest BCUT2D eigenvalue weighted by molar-refractivity contribution is 0.00497. The molecule has 1 heterocycles. The van der Waals surface area contributed by atoms with E-state index < -0.39 is 5.60 Å². The van der Waals surface area contributed by atoms with Crippen molar-refractivity contribution >= 4 is 16.6 Å². The smallest absolute Gasteiger partial charge is 0.133 e. The number of hydrogen-bond acceptors (Lipinski definition) is 3. The third-order valence-electron chi connectivity index (χ3n) is 4.46. The van der Waals surface area contributed by atoms with E-state index >= 15 is 0 Å². The number of hydrogen-bond donors (Lipinski definition) is 2. The molecule has 1 aliphatic carbocycles. The normalized spacial score (nSPS) is 26.6. The first-order chi connectivity index (χ1) is 9.66. The number of nitrogens with one attached hydrogen (secondary N) is 1. The first-order valence-corrected chi connectivity index (χ1v) is 7.46. The zero-order valence-electron chi connectivity index (χ0n) is 12.0. The van der Waals surface area contributed by atoms with Crippen LogP contribution >= 0.6 is 0 Å². The van der Waals surface area contributed by atoms with Crippen LogP contribution in [0.1, 0.15) is 32.6 Å². The van der Waals surface area contributed by atoms with Gasteiger partial charge >= 0.3 is 0 Å². The van der Waals surface area contributed by atoms with E-state index in [1.54, 1.807) is 0 Å². The highest BCUT2D eigenvalue weighted by molar-refractivity contribution is 5.91. The molecule has 0 unspecified atom stereocenters. The third kappa shape index (κ3) is 2.78. The molecule has 0 radical (unpaired) electrons. The van der Waals surface area contributed by atoms with Crippen LogP contribution in [-0.2, 0) is 0 Å². The zero-order valence-corrected chi connectivity index (χ0v) is 12.0. The van der Waals surface area contributed by atoms with Gasteiger partial charge in [0, 0.05) is 18.1 Å². The summed E-state index contributed by atoms with van der Waals surface area (Å²) >= 11 is 0. The number of rotatable bonds is 3. The molecule has 0 amide bonds. The highest BCUT2D eigenvalue weighted by Crippen LogP contribution is 2.32. The van der Waals surface area contributed by atoms with E-state index in [1.807, 2.05) is 24.4 Å². The quantitative estimate of drug-likeness (QED) is 0.896. The van der Waals surface area contributed by atoms with Crippen LogP contribution in [0.4, 0.5) is 5.82 Å². The van der Waals surface area contributed by atoms with E-state index in [4.69, 9.17) is 0 Å². The summed E-state index contributed by atoms with van der Waals surface area (Å²) in [6, 6.07) is 10.2. The van der Waals surface area contributed by atoms with E-state index in [2.05, 4.69) is 29.4 Å². The first kappa shape index (κ1) is 13.4. The number of fused-ring (bicyclic) bond motifs is 1. The minimum absolute atomic E-state index is 0.578. The van der Waals surface area contributed by atoms with Gasteiger partial charge in [0.1, 0.15) is 5.82 Å². The molecule has 3 heteroatoms. The second-order valence-corrected chi connectivity index (χ2v) is 6.14. The largest absolute Gasteiger partial charge is 0.388 e. The van der Waals surface area contributed by atoms with Gasteiger partial charge in [-0.1, -0.05) is 31.2 Å². The molecule has 0 saturated heterocycles. The van der Waals surface area contributed by atoms with Crippen molar-refractivity contribution < 1.29 is 5.11 Å². The van der Waals surface area contributed by atoms with Gasteiger partial charge in [-0.2, -0.15) is 0 Å². The predicted octanol–water partition coefficient (Wildman–Crippen LogP) is 3.59. The lowest BCUT2D eigenvalue weighted by Crippen LogP contribution is -2.40. The molecule has 1 aliphatic rings. The van der Waals surface area contributed by atoms with Crippen LogP contribution in [0.2, 0.25) is 0 Å². The lowest BCUT2D eigenvalue weighted by Gasteiger charge is -2.35. The van der Waals surface area contributed by atoms with Gasteiger partial charge in [0.2, 0.25) is 0 Å². The summed E-state index contributed by atoms with van der Waals surface area (Å²) in [5.41, 5.74) is -0.578. The van der Waals surface area contributed by atoms with Gasteiger partial charge in [-0.15, -0.1) is 0 Å². The van der Waals surface area contributed by atoms with Crippen LogP contribution in [0.5, 0.6) is 0 Å². The maximum atomic E-state index is 10.6. The summed E-state index contributed by atoms with van der Waals surface area (Å²) in [7, 11) is 0. The fraction of sp³-hybridized carbons (Fsp3) is 0.471. The van der Waals surface area contributed by atoms with E-state index in [0.717, 1.165) is 42.8 Å². The number of pyridine rings is 1. The van der Waals surface area contributed by atoms with Crippen LogP contribution in [0.3, 0.4) is 0 Å². The van der Waals surface area contributed by atoms with Crippen molar-refractivity contribution in [3.8, 4) is 0 Å². The molecule has 3 rings (SSSR count). The van der Waals surface area contributed by atoms with Crippen LogP contribution in [-0.4, -0.2) is 22.2 Å². The molecule has 1 fully saturated rings. The predicted molar refractivity (Wildman–Crippen MR) is 82.8 cm³/mol. The Hall–Kier alpha value is -1.61. The molecule has 1 saturated carbocycles. The SMILES string of the molecule is CC1CCC(O)(CNc2nccc3ccccc23)CC1. The Balaban J connectivity index is 1.74. The van der Waals surface area contributed by atoms with Gasteiger partial charge in [0.25, 0.3) is 0 Å². The summed E-state index contributed by atoms with van der Waals surface area (Å²) in [4.78, 5) is 4.42. The van der Waals surface area contributed by atoms with Gasteiger partial charge in [-0.25, -0.2) is 4.98 Å². The van der Waals surface area contributed by atoms with Gasteiger partial charge in [0.05, 0.1) is 5.60 Å². The van der Waals surface area contributed by atoms with Crippen molar-refractivity contribution in [2.45, 2.75) is 38.2 Å². The molecule has 0 aliphatic heterocycles. The average Bonchev–Trinajstić information content (AvgIpc) is 2.49. The molecular formula is C17H22N2O. The standard InChI is InChI=1S/C17H22N2O/c1-13-6-9-17(20,10-7-13)12-19-16-15-5-3-2-4-14(15)8-11-18-16/h2-5,8,11,13,20H,6-7,9-10,12H2,1H3,(H,18,19). The van der Waals surface area contributed by atoms with Gasteiger partial charge in [0.15, 0.2) is 0 Å². The molecule has 20 heavy (non-hydrogen) atoms. The number of aliphatic hydroxyl groups is 1. The molecule has 0 bridgehead atoms. The third-order valence-corrected chi connectivity index (χ3v) is 4.46. The average molecular weight is 270 g/mol. The lowest BCUT2D eigenvalue weighted by atomic mass is 9.79. The molecule has 0 spiro atoms. The molecule has 1 aromatic carbocycles. The Morgan fingerprint density at radius 2 is 2.00 bits per heavy atom. The maximum absolute atomic E-state index is 10.6. The molecule has 2 aromatic rings. The Morgan fingerprint density at radius 1 is 1.25 bits per heavy atom. The fourth-order valence-corrected chi connectivity index (χ4v) is 2.99. The van der Waals surface area contributed by atoms with Crippen molar-refractivity contribution in [1.82, 2.24) is 4.98 Å². The summed E-state index contributed by atoms with van der Waals surface area (Å²) in [5, 5.41) is 16.3. The summed E-state index contributed by atoms with van der Waals surface area (Å²) in [6.45, 7) is 2.85. The minimum Gasteiger partial charge on any atom is -0.388 e.